The maximum atomic E-state index is 12.3. The molecule has 1 aromatic rings. The Labute approximate surface area is 128 Å². The lowest BCUT2D eigenvalue weighted by atomic mass is 10.2. The molecule has 0 saturated carbocycles. The molecule has 2 aliphatic heterocycles. The highest BCUT2D eigenvalue weighted by Gasteiger charge is 2.24. The first-order valence-electron chi connectivity index (χ1n) is 7.61. The Hall–Kier alpha value is -1.48. The number of ether oxygens (including phenoxy) is 1. The lowest BCUT2D eigenvalue weighted by Gasteiger charge is -2.31. The quantitative estimate of drug-likeness (QED) is 0.709. The third-order valence-electron chi connectivity index (χ3n) is 4.13. The molecule has 1 amide bonds. The summed E-state index contributed by atoms with van der Waals surface area (Å²) in [6.07, 6.45) is -0.943. The number of nitrogens with zero attached hydrogens (tertiary/aromatic N) is 4. The van der Waals surface area contributed by atoms with Gasteiger partial charge in [0.05, 0.1) is 44.3 Å². The maximum absolute atomic E-state index is 12.3. The Morgan fingerprint density at radius 2 is 2.09 bits per heavy atom. The molecule has 2 N–H and O–H groups in total. The Kier molecular flexibility index (Phi) is 4.72. The Morgan fingerprint density at radius 1 is 1.32 bits per heavy atom. The monoisotopic (exact) mass is 310 g/mol. The zero-order valence-corrected chi connectivity index (χ0v) is 12.5. The SMILES string of the molecule is O=C(CN1CCn2nc([C@@H](O)CO)cc2C1)N1CCOCC1. The number of morpholine rings is 1. The number of hydrogen-bond donors (Lipinski definition) is 2. The van der Waals surface area contributed by atoms with Crippen LogP contribution in [0.5, 0.6) is 0 Å². The van der Waals surface area contributed by atoms with Crippen LogP contribution in [0.15, 0.2) is 6.07 Å². The normalized spacial score (nSPS) is 20.7. The Bertz CT molecular complexity index is 527. The third kappa shape index (κ3) is 3.30. The minimum Gasteiger partial charge on any atom is -0.393 e. The van der Waals surface area contributed by atoms with E-state index in [2.05, 4.69) is 10.00 Å². The van der Waals surface area contributed by atoms with Gasteiger partial charge in [-0.05, 0) is 6.07 Å². The second kappa shape index (κ2) is 6.74. The molecular weight excluding hydrogens is 288 g/mol. The van der Waals surface area contributed by atoms with Crippen LogP contribution in [0.4, 0.5) is 0 Å². The van der Waals surface area contributed by atoms with Crippen molar-refractivity contribution in [3.8, 4) is 0 Å². The van der Waals surface area contributed by atoms with E-state index in [0.717, 1.165) is 12.2 Å². The van der Waals surface area contributed by atoms with Crippen LogP contribution in [0.2, 0.25) is 0 Å². The van der Waals surface area contributed by atoms with E-state index in [0.29, 0.717) is 51.6 Å². The third-order valence-corrected chi connectivity index (χ3v) is 4.13. The fraction of sp³-hybridized carbons (Fsp3) is 0.714. The predicted molar refractivity (Wildman–Crippen MR) is 76.9 cm³/mol. The van der Waals surface area contributed by atoms with Gasteiger partial charge in [-0.2, -0.15) is 5.10 Å². The van der Waals surface area contributed by atoms with E-state index < -0.39 is 6.10 Å². The zero-order chi connectivity index (χ0) is 15.5. The van der Waals surface area contributed by atoms with Crippen LogP contribution < -0.4 is 0 Å². The van der Waals surface area contributed by atoms with Crippen LogP contribution in [0.25, 0.3) is 0 Å². The number of aromatic nitrogens is 2. The first-order chi connectivity index (χ1) is 10.7. The number of aliphatic hydroxyl groups is 2. The van der Waals surface area contributed by atoms with Crippen molar-refractivity contribution in [2.45, 2.75) is 19.2 Å². The molecule has 0 spiro atoms. The summed E-state index contributed by atoms with van der Waals surface area (Å²) >= 11 is 0. The number of rotatable bonds is 4. The molecule has 0 aliphatic carbocycles. The summed E-state index contributed by atoms with van der Waals surface area (Å²) < 4.78 is 7.10. The first kappa shape index (κ1) is 15.4. The van der Waals surface area contributed by atoms with Gasteiger partial charge in [0.25, 0.3) is 0 Å². The van der Waals surface area contributed by atoms with Crippen LogP contribution in [-0.2, 0) is 22.6 Å². The highest BCUT2D eigenvalue weighted by atomic mass is 16.5. The lowest BCUT2D eigenvalue weighted by Crippen LogP contribution is -2.47. The van der Waals surface area contributed by atoms with Gasteiger partial charge < -0.3 is 19.8 Å². The largest absolute Gasteiger partial charge is 0.393 e. The van der Waals surface area contributed by atoms with Crippen LogP contribution in [0.3, 0.4) is 0 Å². The molecular formula is C14H22N4O4. The standard InChI is InChI=1S/C14H22N4O4/c19-10-13(20)12-7-11-8-16(1-2-18(11)15-12)9-14(21)17-3-5-22-6-4-17/h7,13,19-20H,1-6,8-10H2/t13-/m0/s1. The van der Waals surface area contributed by atoms with Crippen molar-refractivity contribution in [1.29, 1.82) is 0 Å². The van der Waals surface area contributed by atoms with Crippen molar-refractivity contribution in [3.63, 3.8) is 0 Å². The molecule has 0 aromatic carbocycles. The number of amides is 1. The van der Waals surface area contributed by atoms with Crippen molar-refractivity contribution in [3.05, 3.63) is 17.5 Å². The molecule has 122 valence electrons. The van der Waals surface area contributed by atoms with E-state index in [1.165, 1.54) is 0 Å². The summed E-state index contributed by atoms with van der Waals surface area (Å²) in [6, 6.07) is 1.80. The van der Waals surface area contributed by atoms with Gasteiger partial charge in [-0.1, -0.05) is 0 Å². The molecule has 1 atom stereocenters. The van der Waals surface area contributed by atoms with E-state index >= 15 is 0 Å². The molecule has 8 heteroatoms. The molecule has 0 radical (unpaired) electrons. The maximum Gasteiger partial charge on any atom is 0.236 e. The topological polar surface area (TPSA) is 91.1 Å². The average molecular weight is 310 g/mol. The predicted octanol–water partition coefficient (Wildman–Crippen LogP) is -1.42. The highest BCUT2D eigenvalue weighted by Crippen LogP contribution is 2.18. The lowest BCUT2D eigenvalue weighted by molar-refractivity contribution is -0.136. The van der Waals surface area contributed by atoms with E-state index in [4.69, 9.17) is 9.84 Å². The fourth-order valence-corrected chi connectivity index (χ4v) is 2.84. The fourth-order valence-electron chi connectivity index (χ4n) is 2.84. The first-order valence-corrected chi connectivity index (χ1v) is 7.61. The molecule has 8 nitrogen and oxygen atoms in total. The molecule has 3 rings (SSSR count). The second-order valence-electron chi connectivity index (χ2n) is 5.69. The van der Waals surface area contributed by atoms with Crippen LogP contribution in [0, 0.1) is 0 Å². The molecule has 2 aliphatic rings. The Morgan fingerprint density at radius 3 is 2.82 bits per heavy atom. The second-order valence-corrected chi connectivity index (χ2v) is 5.69. The molecule has 22 heavy (non-hydrogen) atoms. The molecule has 1 saturated heterocycles. The summed E-state index contributed by atoms with van der Waals surface area (Å²) in [7, 11) is 0. The summed E-state index contributed by atoms with van der Waals surface area (Å²) in [5.41, 5.74) is 1.45. The van der Waals surface area contributed by atoms with E-state index in [1.54, 1.807) is 6.07 Å². The van der Waals surface area contributed by atoms with Crippen molar-refractivity contribution >= 4 is 5.91 Å². The van der Waals surface area contributed by atoms with Gasteiger partial charge in [0.1, 0.15) is 6.10 Å². The minimum absolute atomic E-state index is 0.131. The van der Waals surface area contributed by atoms with Gasteiger partial charge in [-0.15, -0.1) is 0 Å². The van der Waals surface area contributed by atoms with Crippen LogP contribution >= 0.6 is 0 Å². The zero-order valence-electron chi connectivity index (χ0n) is 12.5. The molecule has 1 fully saturated rings. The molecule has 3 heterocycles. The number of carbonyl (C=O) groups excluding carboxylic acids is 1. The van der Waals surface area contributed by atoms with Gasteiger partial charge >= 0.3 is 0 Å². The van der Waals surface area contributed by atoms with Crippen molar-refractivity contribution < 1.29 is 19.7 Å². The van der Waals surface area contributed by atoms with Crippen LogP contribution in [0.1, 0.15) is 17.5 Å². The van der Waals surface area contributed by atoms with E-state index in [-0.39, 0.29) is 12.5 Å². The van der Waals surface area contributed by atoms with Gasteiger partial charge in [0.2, 0.25) is 5.91 Å². The van der Waals surface area contributed by atoms with Gasteiger partial charge in [0.15, 0.2) is 0 Å². The molecule has 1 aromatic heterocycles. The summed E-state index contributed by atoms with van der Waals surface area (Å²) in [5, 5.41) is 22.9. The summed E-state index contributed by atoms with van der Waals surface area (Å²) in [6.45, 7) is 4.67. The van der Waals surface area contributed by atoms with Crippen molar-refractivity contribution in [1.82, 2.24) is 19.6 Å². The smallest absolute Gasteiger partial charge is 0.236 e. The molecule has 0 bridgehead atoms. The Balaban J connectivity index is 1.59. The number of aliphatic hydroxyl groups excluding tert-OH is 2. The summed E-state index contributed by atoms with van der Waals surface area (Å²) in [4.78, 5) is 16.2. The number of hydrogen-bond acceptors (Lipinski definition) is 6. The van der Waals surface area contributed by atoms with Crippen molar-refractivity contribution in [2.24, 2.45) is 0 Å². The van der Waals surface area contributed by atoms with Gasteiger partial charge in [0, 0.05) is 26.2 Å². The molecule has 0 unspecified atom stereocenters. The van der Waals surface area contributed by atoms with Gasteiger partial charge in [-0.3, -0.25) is 14.4 Å². The number of fused-ring (bicyclic) bond motifs is 1. The van der Waals surface area contributed by atoms with Crippen molar-refractivity contribution in [2.75, 3.05) is 46.0 Å². The minimum atomic E-state index is -0.943. The van der Waals surface area contributed by atoms with E-state index in [1.807, 2.05) is 9.58 Å². The van der Waals surface area contributed by atoms with E-state index in [9.17, 15) is 9.90 Å². The summed E-state index contributed by atoms with van der Waals surface area (Å²) in [5.74, 6) is 0.131. The number of carbonyl (C=O) groups is 1. The van der Waals surface area contributed by atoms with Gasteiger partial charge in [-0.25, -0.2) is 0 Å². The van der Waals surface area contributed by atoms with Crippen LogP contribution in [-0.4, -0.2) is 81.7 Å². The average Bonchev–Trinajstić information content (AvgIpc) is 2.98. The highest BCUT2D eigenvalue weighted by molar-refractivity contribution is 5.78.